The van der Waals surface area contributed by atoms with Crippen LogP contribution in [0.5, 0.6) is 5.75 Å². The van der Waals surface area contributed by atoms with Crippen LogP contribution in [0.25, 0.3) is 32.8 Å². The number of amides is 1. The van der Waals surface area contributed by atoms with Crippen molar-refractivity contribution in [2.45, 2.75) is 6.92 Å². The third-order valence-electron chi connectivity index (χ3n) is 5.68. The predicted molar refractivity (Wildman–Crippen MR) is 132 cm³/mol. The zero-order valence-electron chi connectivity index (χ0n) is 18.3. The van der Waals surface area contributed by atoms with Crippen molar-refractivity contribution in [2.24, 2.45) is 5.10 Å². The van der Waals surface area contributed by atoms with Crippen LogP contribution in [-0.4, -0.2) is 28.9 Å². The lowest BCUT2D eigenvalue weighted by Gasteiger charge is -2.09. The van der Waals surface area contributed by atoms with Gasteiger partial charge in [-0.1, -0.05) is 66.7 Å². The molecule has 5 rings (SSSR count). The second-order valence-electron chi connectivity index (χ2n) is 7.73. The van der Waals surface area contributed by atoms with Gasteiger partial charge in [0, 0.05) is 0 Å². The van der Waals surface area contributed by atoms with Crippen molar-refractivity contribution >= 4 is 33.2 Å². The zero-order valence-corrected chi connectivity index (χ0v) is 18.3. The average Bonchev–Trinajstić information content (AvgIpc) is 3.36. The summed E-state index contributed by atoms with van der Waals surface area (Å²) in [5.41, 5.74) is 6.06. The minimum atomic E-state index is -0.368. The minimum absolute atomic E-state index is 0.315. The molecule has 2 N–H and O–H groups in total. The van der Waals surface area contributed by atoms with Gasteiger partial charge in [-0.2, -0.15) is 10.2 Å². The van der Waals surface area contributed by atoms with Gasteiger partial charge in [-0.25, -0.2) is 5.43 Å². The molecular weight excluding hydrogens is 412 g/mol. The Morgan fingerprint density at radius 1 is 0.909 bits per heavy atom. The van der Waals surface area contributed by atoms with Crippen LogP contribution in [0, 0.1) is 0 Å². The van der Waals surface area contributed by atoms with Crippen molar-refractivity contribution in [3.05, 3.63) is 96.2 Å². The summed E-state index contributed by atoms with van der Waals surface area (Å²) in [5, 5.41) is 15.8. The van der Waals surface area contributed by atoms with E-state index in [4.69, 9.17) is 4.74 Å². The molecule has 0 fully saturated rings. The number of methoxy groups -OCH3 is 1. The van der Waals surface area contributed by atoms with E-state index in [2.05, 4.69) is 38.9 Å². The van der Waals surface area contributed by atoms with Crippen LogP contribution in [0.3, 0.4) is 0 Å². The number of ether oxygens (including phenoxy) is 1. The summed E-state index contributed by atoms with van der Waals surface area (Å²) >= 11 is 0. The standard InChI is InChI=1S/C27H22N4O2/c1-17(20-12-11-18-7-3-4-9-21(18)15-20)28-31-27(32)24-16-23(29-30-24)26-22-10-6-5-8-19(22)13-14-25(26)33-2/h3-16H,1-2H3,(H,29,30)(H,31,32). The van der Waals surface area contributed by atoms with Crippen LogP contribution in [0.4, 0.5) is 0 Å². The Labute approximate surface area is 190 Å². The van der Waals surface area contributed by atoms with E-state index in [1.54, 1.807) is 13.2 Å². The first-order valence-corrected chi connectivity index (χ1v) is 10.6. The van der Waals surface area contributed by atoms with E-state index < -0.39 is 0 Å². The van der Waals surface area contributed by atoms with Gasteiger partial charge in [-0.05, 0) is 52.2 Å². The molecule has 1 aromatic heterocycles. The number of hydrazone groups is 1. The molecule has 0 atom stereocenters. The lowest BCUT2D eigenvalue weighted by Crippen LogP contribution is -2.19. The highest BCUT2D eigenvalue weighted by Crippen LogP contribution is 2.36. The summed E-state index contributed by atoms with van der Waals surface area (Å²) in [5.74, 6) is 0.324. The summed E-state index contributed by atoms with van der Waals surface area (Å²) in [7, 11) is 1.62. The number of fused-ring (bicyclic) bond motifs is 2. The van der Waals surface area contributed by atoms with Gasteiger partial charge in [0.25, 0.3) is 5.91 Å². The maximum Gasteiger partial charge on any atom is 0.289 e. The molecule has 0 spiro atoms. The van der Waals surface area contributed by atoms with Crippen molar-refractivity contribution in [2.75, 3.05) is 7.11 Å². The first kappa shape index (κ1) is 20.5. The molecule has 0 saturated heterocycles. The molecule has 162 valence electrons. The van der Waals surface area contributed by atoms with Gasteiger partial charge in [0.1, 0.15) is 11.4 Å². The van der Waals surface area contributed by atoms with E-state index in [-0.39, 0.29) is 5.91 Å². The fourth-order valence-corrected chi connectivity index (χ4v) is 3.93. The largest absolute Gasteiger partial charge is 0.496 e. The van der Waals surface area contributed by atoms with Crippen LogP contribution >= 0.6 is 0 Å². The van der Waals surface area contributed by atoms with Gasteiger partial charge < -0.3 is 4.74 Å². The molecule has 5 aromatic rings. The fraction of sp³-hybridized carbons (Fsp3) is 0.0741. The van der Waals surface area contributed by atoms with Gasteiger partial charge in [0.15, 0.2) is 0 Å². The van der Waals surface area contributed by atoms with Gasteiger partial charge in [0.05, 0.1) is 24.1 Å². The highest BCUT2D eigenvalue weighted by atomic mass is 16.5. The highest BCUT2D eigenvalue weighted by molar-refractivity contribution is 6.04. The van der Waals surface area contributed by atoms with Gasteiger partial charge in [-0.15, -0.1) is 0 Å². The lowest BCUT2D eigenvalue weighted by molar-refractivity contribution is 0.0950. The highest BCUT2D eigenvalue weighted by Gasteiger charge is 2.16. The third kappa shape index (κ3) is 3.94. The smallest absolute Gasteiger partial charge is 0.289 e. The molecule has 1 heterocycles. The van der Waals surface area contributed by atoms with E-state index in [0.29, 0.717) is 22.8 Å². The number of H-pyrrole nitrogens is 1. The third-order valence-corrected chi connectivity index (χ3v) is 5.68. The molecule has 0 aliphatic carbocycles. The number of carbonyl (C=O) groups is 1. The Morgan fingerprint density at radius 2 is 1.64 bits per heavy atom. The van der Waals surface area contributed by atoms with E-state index in [1.165, 1.54) is 0 Å². The maximum absolute atomic E-state index is 12.7. The van der Waals surface area contributed by atoms with Crippen LogP contribution in [0.1, 0.15) is 23.0 Å². The summed E-state index contributed by atoms with van der Waals surface area (Å²) in [6.45, 7) is 1.86. The number of carbonyl (C=O) groups excluding carboxylic acids is 1. The van der Waals surface area contributed by atoms with Crippen molar-refractivity contribution < 1.29 is 9.53 Å². The summed E-state index contributed by atoms with van der Waals surface area (Å²) in [6.07, 6.45) is 0. The van der Waals surface area contributed by atoms with Crippen LogP contribution in [0.2, 0.25) is 0 Å². The van der Waals surface area contributed by atoms with Crippen molar-refractivity contribution in [1.29, 1.82) is 0 Å². The summed E-state index contributed by atoms with van der Waals surface area (Å²) in [4.78, 5) is 12.7. The predicted octanol–water partition coefficient (Wildman–Crippen LogP) is 5.55. The maximum atomic E-state index is 12.7. The topological polar surface area (TPSA) is 79.4 Å². The molecule has 0 bridgehead atoms. The van der Waals surface area contributed by atoms with Gasteiger partial charge in [0.2, 0.25) is 0 Å². The molecule has 0 aliphatic rings. The average molecular weight is 434 g/mol. The molecule has 0 radical (unpaired) electrons. The first-order chi connectivity index (χ1) is 16.1. The Hall–Kier alpha value is -4.45. The number of nitrogens with one attached hydrogen (secondary N) is 2. The molecule has 4 aromatic carbocycles. The van der Waals surface area contributed by atoms with E-state index in [9.17, 15) is 4.79 Å². The Balaban J connectivity index is 1.40. The molecular formula is C27H22N4O2. The molecule has 1 amide bonds. The van der Waals surface area contributed by atoms with Gasteiger partial charge in [-0.3, -0.25) is 9.89 Å². The number of hydrogen-bond donors (Lipinski definition) is 2. The Kier molecular flexibility index (Phi) is 5.32. The quantitative estimate of drug-likeness (QED) is 0.281. The number of aromatic amines is 1. The SMILES string of the molecule is COc1ccc2ccccc2c1-c1cc(C(=O)NN=C(C)c2ccc3ccccc3c2)[nH]n1. The van der Waals surface area contributed by atoms with Gasteiger partial charge >= 0.3 is 0 Å². The van der Waals surface area contributed by atoms with Crippen molar-refractivity contribution in [3.63, 3.8) is 0 Å². The summed E-state index contributed by atoms with van der Waals surface area (Å²) < 4.78 is 5.56. The molecule has 0 saturated carbocycles. The number of hydrogen-bond acceptors (Lipinski definition) is 4. The van der Waals surface area contributed by atoms with Crippen molar-refractivity contribution in [3.8, 4) is 17.0 Å². The Bertz CT molecular complexity index is 1520. The molecule has 0 aliphatic heterocycles. The number of rotatable bonds is 5. The summed E-state index contributed by atoms with van der Waals surface area (Å²) in [6, 6.07) is 27.8. The van der Waals surface area contributed by atoms with Crippen molar-refractivity contribution in [1.82, 2.24) is 15.6 Å². The molecule has 6 heteroatoms. The van der Waals surface area contributed by atoms with E-state index in [0.717, 1.165) is 32.7 Å². The monoisotopic (exact) mass is 434 g/mol. The van der Waals surface area contributed by atoms with Crippen LogP contribution in [-0.2, 0) is 0 Å². The zero-order chi connectivity index (χ0) is 22.8. The fourth-order valence-electron chi connectivity index (χ4n) is 3.93. The second-order valence-corrected chi connectivity index (χ2v) is 7.73. The number of nitrogens with zero attached hydrogens (tertiary/aromatic N) is 2. The van der Waals surface area contributed by atoms with E-state index in [1.807, 2.05) is 67.6 Å². The second kappa shape index (κ2) is 8.59. The normalized spacial score (nSPS) is 11.6. The van der Waals surface area contributed by atoms with Crippen LogP contribution < -0.4 is 10.2 Å². The lowest BCUT2D eigenvalue weighted by atomic mass is 10.0. The number of benzene rings is 4. The minimum Gasteiger partial charge on any atom is -0.496 e. The molecule has 0 unspecified atom stereocenters. The number of aromatic nitrogens is 2. The Morgan fingerprint density at radius 3 is 2.45 bits per heavy atom. The molecule has 6 nitrogen and oxygen atoms in total. The van der Waals surface area contributed by atoms with E-state index >= 15 is 0 Å². The first-order valence-electron chi connectivity index (χ1n) is 10.6. The molecule has 33 heavy (non-hydrogen) atoms. The van der Waals surface area contributed by atoms with Crippen LogP contribution in [0.15, 0.2) is 90.0 Å².